The minimum atomic E-state index is -0.784. The molecule has 178 valence electrons. The van der Waals surface area contributed by atoms with Crippen LogP contribution >= 0.6 is 11.6 Å². The Bertz CT molecular complexity index is 1350. The van der Waals surface area contributed by atoms with E-state index in [9.17, 15) is 23.9 Å². The number of aromatic hydroxyl groups is 1. The number of benzene rings is 1. The number of hydrogen-bond acceptors (Lipinski definition) is 4. The Morgan fingerprint density at radius 3 is 2.68 bits per heavy atom. The summed E-state index contributed by atoms with van der Waals surface area (Å²) in [6, 6.07) is 4.23. The fraction of sp³-hybridized carbons (Fsp3) is 0.480. The molecule has 1 aromatic carbocycles. The van der Waals surface area contributed by atoms with Gasteiger partial charge in [-0.15, -0.1) is 0 Å². The maximum absolute atomic E-state index is 13.6. The molecule has 0 bridgehead atoms. The molecule has 3 heterocycles. The van der Waals surface area contributed by atoms with E-state index in [1.54, 1.807) is 18.0 Å². The van der Waals surface area contributed by atoms with Crippen LogP contribution in [0.25, 0.3) is 0 Å². The molecule has 34 heavy (non-hydrogen) atoms. The summed E-state index contributed by atoms with van der Waals surface area (Å²) in [6.07, 6.45) is 3.73. The quantitative estimate of drug-likeness (QED) is 0.721. The minimum Gasteiger partial charge on any atom is -0.502 e. The van der Waals surface area contributed by atoms with E-state index in [0.29, 0.717) is 36.4 Å². The van der Waals surface area contributed by atoms with Crippen LogP contribution in [-0.4, -0.2) is 44.9 Å². The van der Waals surface area contributed by atoms with E-state index < -0.39 is 28.7 Å². The third-order valence-corrected chi connectivity index (χ3v) is 9.17. The van der Waals surface area contributed by atoms with Crippen LogP contribution in [0.2, 0.25) is 5.02 Å². The van der Waals surface area contributed by atoms with E-state index >= 15 is 0 Å². The number of fused-ring (bicyclic) bond motifs is 6. The first kappa shape index (κ1) is 21.6. The van der Waals surface area contributed by atoms with Gasteiger partial charge in [-0.3, -0.25) is 19.0 Å². The molecule has 1 aromatic heterocycles. The second-order valence-electron chi connectivity index (χ2n) is 10.0. The summed E-state index contributed by atoms with van der Waals surface area (Å²) >= 11 is 5.88. The second kappa shape index (κ2) is 6.84. The highest BCUT2D eigenvalue weighted by atomic mass is 35.5. The van der Waals surface area contributed by atoms with Gasteiger partial charge in [0.2, 0.25) is 0 Å². The monoisotopic (exact) mass is 485 g/mol. The molecule has 4 aliphatic rings. The molecular weight excluding hydrogens is 461 g/mol. The van der Waals surface area contributed by atoms with Crippen molar-refractivity contribution in [3.05, 3.63) is 61.8 Å². The molecule has 7 nitrogen and oxygen atoms in total. The molecule has 6 rings (SSSR count). The first-order valence-electron chi connectivity index (χ1n) is 11.7. The van der Waals surface area contributed by atoms with Gasteiger partial charge in [-0.25, -0.2) is 4.39 Å². The number of hydrogen-bond donors (Lipinski definition) is 1. The highest BCUT2D eigenvalue weighted by molar-refractivity contribution is 6.30. The highest BCUT2D eigenvalue weighted by Gasteiger charge is 2.75. The standard InChI is InChI=1S/C25H25ClFN3O4/c1-3-24-11-14(24)6-8-25(24)28(2)22(33)19-15-7-9-29(12-13-4-5-17(27)16(26)10-13)21(32)18(15)20(31)23(34)30(19)25/h4-5,10,14,31H,3,6-9,11-12H2,1-2H3. The number of amides is 2. The normalized spacial score (nSPS) is 29.0. The highest BCUT2D eigenvalue weighted by Crippen LogP contribution is 2.74. The van der Waals surface area contributed by atoms with Crippen LogP contribution in [0.5, 0.6) is 5.75 Å². The second-order valence-corrected chi connectivity index (χ2v) is 10.5. The van der Waals surface area contributed by atoms with E-state index in [1.807, 2.05) is 0 Å². The van der Waals surface area contributed by atoms with Crippen LogP contribution in [0.3, 0.4) is 0 Å². The fourth-order valence-corrected chi connectivity index (χ4v) is 7.38. The SMILES string of the molecule is CCC12CC1CCC21N(C)C(=O)c2c3c(c(O)c(=O)n21)C(=O)N(Cc1ccc(F)c(Cl)c1)CC3. The van der Waals surface area contributed by atoms with Gasteiger partial charge in [0.1, 0.15) is 17.2 Å². The van der Waals surface area contributed by atoms with Gasteiger partial charge >= 0.3 is 0 Å². The third kappa shape index (κ3) is 2.39. The molecule has 1 spiro atoms. The van der Waals surface area contributed by atoms with E-state index in [2.05, 4.69) is 6.92 Å². The molecule has 2 fully saturated rings. The Labute approximate surface area is 200 Å². The number of pyridine rings is 1. The van der Waals surface area contributed by atoms with Crippen molar-refractivity contribution in [2.45, 2.75) is 51.2 Å². The van der Waals surface area contributed by atoms with Crippen LogP contribution < -0.4 is 5.56 Å². The fourth-order valence-electron chi connectivity index (χ4n) is 7.18. The van der Waals surface area contributed by atoms with Crippen LogP contribution in [0, 0.1) is 17.2 Å². The van der Waals surface area contributed by atoms with Crippen LogP contribution in [-0.2, 0) is 18.6 Å². The van der Waals surface area contributed by atoms with Crippen molar-refractivity contribution < 1.29 is 19.1 Å². The molecule has 2 aromatic rings. The van der Waals surface area contributed by atoms with Crippen molar-refractivity contribution in [1.82, 2.24) is 14.4 Å². The smallest absolute Gasteiger partial charge is 0.296 e. The molecule has 0 saturated heterocycles. The predicted octanol–water partition coefficient (Wildman–Crippen LogP) is 3.49. The first-order chi connectivity index (χ1) is 16.2. The molecule has 0 radical (unpaired) electrons. The third-order valence-electron chi connectivity index (χ3n) is 8.88. The van der Waals surface area contributed by atoms with E-state index in [-0.39, 0.29) is 34.1 Å². The van der Waals surface area contributed by atoms with E-state index in [1.165, 1.54) is 21.6 Å². The number of nitrogens with zero attached hydrogens (tertiary/aromatic N) is 3. The molecule has 3 atom stereocenters. The zero-order valence-electron chi connectivity index (χ0n) is 19.0. The number of carbonyl (C=O) groups is 2. The van der Waals surface area contributed by atoms with Crippen LogP contribution in [0.4, 0.5) is 4.39 Å². The molecule has 2 aliphatic heterocycles. The Kier molecular flexibility index (Phi) is 4.36. The van der Waals surface area contributed by atoms with Crippen molar-refractivity contribution in [2.75, 3.05) is 13.6 Å². The Balaban J connectivity index is 1.47. The van der Waals surface area contributed by atoms with Crippen molar-refractivity contribution in [3.63, 3.8) is 0 Å². The average Bonchev–Trinajstić information content (AvgIpc) is 3.40. The molecule has 3 unspecified atom stereocenters. The average molecular weight is 486 g/mol. The lowest BCUT2D eigenvalue weighted by Gasteiger charge is -2.42. The molecular formula is C25H25ClFN3O4. The van der Waals surface area contributed by atoms with Gasteiger partial charge in [0.05, 0.1) is 10.6 Å². The summed E-state index contributed by atoms with van der Waals surface area (Å²) in [5, 5.41) is 11.0. The number of aromatic nitrogens is 1. The summed E-state index contributed by atoms with van der Waals surface area (Å²) in [5.41, 5.74) is -0.394. The summed E-state index contributed by atoms with van der Waals surface area (Å²) in [4.78, 5) is 43.8. The lowest BCUT2D eigenvalue weighted by Crippen LogP contribution is -2.53. The molecule has 2 aliphatic carbocycles. The van der Waals surface area contributed by atoms with Crippen LogP contribution in [0.1, 0.15) is 64.6 Å². The van der Waals surface area contributed by atoms with Gasteiger partial charge in [0.25, 0.3) is 17.4 Å². The van der Waals surface area contributed by atoms with Crippen molar-refractivity contribution >= 4 is 23.4 Å². The minimum absolute atomic E-state index is 0.0417. The van der Waals surface area contributed by atoms with Crippen LogP contribution in [0.15, 0.2) is 23.0 Å². The molecule has 1 N–H and O–H groups in total. The van der Waals surface area contributed by atoms with Crippen molar-refractivity contribution in [3.8, 4) is 5.75 Å². The van der Waals surface area contributed by atoms with Gasteiger partial charge in [-0.1, -0.05) is 24.6 Å². The Hall–Kier alpha value is -2.87. The number of halogens is 2. The molecule has 2 amide bonds. The first-order valence-corrected chi connectivity index (χ1v) is 12.1. The van der Waals surface area contributed by atoms with Gasteiger partial charge < -0.3 is 14.9 Å². The zero-order valence-corrected chi connectivity index (χ0v) is 19.8. The molecule has 9 heteroatoms. The van der Waals surface area contributed by atoms with Gasteiger partial charge in [0.15, 0.2) is 5.75 Å². The largest absolute Gasteiger partial charge is 0.502 e. The summed E-state index contributed by atoms with van der Waals surface area (Å²) in [5.74, 6) is -1.46. The summed E-state index contributed by atoms with van der Waals surface area (Å²) in [7, 11) is 1.74. The number of rotatable bonds is 3. The lowest BCUT2D eigenvalue weighted by atomic mass is 9.86. The topological polar surface area (TPSA) is 82.9 Å². The molecule has 2 saturated carbocycles. The number of carbonyl (C=O) groups excluding carboxylic acids is 2. The van der Waals surface area contributed by atoms with Crippen molar-refractivity contribution in [1.29, 1.82) is 0 Å². The van der Waals surface area contributed by atoms with E-state index in [4.69, 9.17) is 11.6 Å². The Morgan fingerprint density at radius 1 is 1.24 bits per heavy atom. The van der Waals surface area contributed by atoms with Crippen molar-refractivity contribution in [2.24, 2.45) is 11.3 Å². The maximum Gasteiger partial charge on any atom is 0.296 e. The van der Waals surface area contributed by atoms with Gasteiger partial charge in [-0.2, -0.15) is 0 Å². The Morgan fingerprint density at radius 2 is 2.00 bits per heavy atom. The predicted molar refractivity (Wildman–Crippen MR) is 122 cm³/mol. The summed E-state index contributed by atoms with van der Waals surface area (Å²) in [6.45, 7) is 2.54. The zero-order chi connectivity index (χ0) is 24.2. The van der Waals surface area contributed by atoms with Gasteiger partial charge in [-0.05, 0) is 55.7 Å². The maximum atomic E-state index is 13.6. The van der Waals surface area contributed by atoms with E-state index in [0.717, 1.165) is 19.3 Å². The lowest BCUT2D eigenvalue weighted by molar-refractivity contribution is 0.00483. The van der Waals surface area contributed by atoms with Gasteiger partial charge in [0, 0.05) is 31.1 Å². The summed E-state index contributed by atoms with van der Waals surface area (Å²) < 4.78 is 15.1.